The van der Waals surface area contributed by atoms with Crippen molar-refractivity contribution in [3.63, 3.8) is 0 Å². The molecule has 0 spiro atoms. The summed E-state index contributed by atoms with van der Waals surface area (Å²) in [6.07, 6.45) is 0. The Morgan fingerprint density at radius 2 is 0.682 bits per heavy atom. The van der Waals surface area contributed by atoms with Gasteiger partial charge in [-0.1, -0.05) is 103 Å². The van der Waals surface area contributed by atoms with Gasteiger partial charge in [0.25, 0.3) is 0 Å². The molecule has 5 heteroatoms. The van der Waals surface area contributed by atoms with E-state index < -0.39 is 0 Å². The number of furan rings is 2. The smallest absolute Gasteiger partial charge is 0.164 e. The molecule has 0 radical (unpaired) electrons. The zero-order valence-corrected chi connectivity index (χ0v) is 23.4. The highest BCUT2D eigenvalue weighted by Gasteiger charge is 2.16. The SMILES string of the molecule is c1ccc(-c2ccc(-c3nc(-c4ccc5c(c4)oc4ccccc45)nc(-c4ccc5c(c4)oc4ccccc45)n3)cc2)cc1. The van der Waals surface area contributed by atoms with Crippen LogP contribution in [0, 0.1) is 0 Å². The number of fused-ring (bicyclic) bond motifs is 6. The van der Waals surface area contributed by atoms with E-state index >= 15 is 0 Å². The highest BCUT2D eigenvalue weighted by Crippen LogP contribution is 2.35. The maximum Gasteiger partial charge on any atom is 0.164 e. The van der Waals surface area contributed by atoms with Gasteiger partial charge in [-0.2, -0.15) is 0 Å². The van der Waals surface area contributed by atoms with Gasteiger partial charge in [-0.15, -0.1) is 0 Å². The van der Waals surface area contributed by atoms with E-state index in [2.05, 4.69) is 60.7 Å². The van der Waals surface area contributed by atoms with Crippen LogP contribution in [-0.2, 0) is 0 Å². The third kappa shape index (κ3) is 4.06. The number of nitrogens with zero attached hydrogens (tertiary/aromatic N) is 3. The molecule has 0 aliphatic carbocycles. The first-order chi connectivity index (χ1) is 21.8. The van der Waals surface area contributed by atoms with E-state index in [0.717, 1.165) is 71.7 Å². The van der Waals surface area contributed by atoms with Crippen LogP contribution in [0.5, 0.6) is 0 Å². The Hall–Kier alpha value is -6.07. The van der Waals surface area contributed by atoms with Crippen LogP contribution in [0.4, 0.5) is 0 Å². The van der Waals surface area contributed by atoms with Gasteiger partial charge in [-0.25, -0.2) is 15.0 Å². The maximum absolute atomic E-state index is 6.19. The summed E-state index contributed by atoms with van der Waals surface area (Å²) < 4.78 is 12.4. The van der Waals surface area contributed by atoms with Crippen LogP contribution in [0.2, 0.25) is 0 Å². The lowest BCUT2D eigenvalue weighted by Gasteiger charge is -2.09. The third-order valence-electron chi connectivity index (χ3n) is 8.16. The second-order valence-corrected chi connectivity index (χ2v) is 10.9. The zero-order valence-electron chi connectivity index (χ0n) is 23.4. The molecular formula is C39H23N3O2. The molecule has 0 unspecified atom stereocenters. The number of rotatable bonds is 4. The van der Waals surface area contributed by atoms with Crippen molar-refractivity contribution in [3.05, 3.63) is 140 Å². The molecule has 0 saturated heterocycles. The summed E-state index contributed by atoms with van der Waals surface area (Å²) in [7, 11) is 0. The minimum atomic E-state index is 0.573. The summed E-state index contributed by atoms with van der Waals surface area (Å²) in [6, 6.07) is 47.1. The van der Waals surface area contributed by atoms with Gasteiger partial charge >= 0.3 is 0 Å². The van der Waals surface area contributed by atoms with Gasteiger partial charge in [-0.3, -0.25) is 0 Å². The zero-order chi connectivity index (χ0) is 29.0. The van der Waals surface area contributed by atoms with Gasteiger partial charge < -0.3 is 8.83 Å². The second kappa shape index (κ2) is 9.75. The average Bonchev–Trinajstić information content (AvgIpc) is 3.66. The molecule has 9 rings (SSSR count). The van der Waals surface area contributed by atoms with Crippen molar-refractivity contribution >= 4 is 43.9 Å². The van der Waals surface area contributed by atoms with E-state index in [0.29, 0.717) is 17.5 Å². The van der Waals surface area contributed by atoms with Crippen LogP contribution in [0.25, 0.3) is 89.2 Å². The standard InChI is InChI=1S/C39H23N3O2/c1-2-8-24(9-3-1)25-14-16-26(17-15-25)37-40-38(27-18-20-31-29-10-4-6-12-33(29)43-35(31)22-27)42-39(41-37)28-19-21-32-30-11-5-7-13-34(30)44-36(32)23-28/h1-23H. The molecule has 9 aromatic rings. The van der Waals surface area contributed by atoms with Crippen LogP contribution in [0.3, 0.4) is 0 Å². The number of aromatic nitrogens is 3. The van der Waals surface area contributed by atoms with E-state index in [1.54, 1.807) is 0 Å². The molecule has 44 heavy (non-hydrogen) atoms. The Labute approximate surface area is 252 Å². The van der Waals surface area contributed by atoms with Crippen LogP contribution < -0.4 is 0 Å². The summed E-state index contributed by atoms with van der Waals surface area (Å²) in [4.78, 5) is 14.9. The van der Waals surface area contributed by atoms with Crippen LogP contribution in [0.1, 0.15) is 0 Å². The first-order valence-electron chi connectivity index (χ1n) is 14.5. The van der Waals surface area contributed by atoms with Crippen molar-refractivity contribution in [1.82, 2.24) is 15.0 Å². The number of hydrogen-bond donors (Lipinski definition) is 0. The van der Waals surface area contributed by atoms with E-state index in [1.807, 2.05) is 78.9 Å². The second-order valence-electron chi connectivity index (χ2n) is 10.9. The fraction of sp³-hybridized carbons (Fsp3) is 0. The fourth-order valence-electron chi connectivity index (χ4n) is 5.94. The van der Waals surface area contributed by atoms with Crippen LogP contribution in [0.15, 0.2) is 148 Å². The van der Waals surface area contributed by atoms with Crippen molar-refractivity contribution < 1.29 is 8.83 Å². The topological polar surface area (TPSA) is 65.0 Å². The lowest BCUT2D eigenvalue weighted by Crippen LogP contribution is -2.00. The molecule has 0 aliphatic rings. The highest BCUT2D eigenvalue weighted by atomic mass is 16.3. The molecule has 5 nitrogen and oxygen atoms in total. The van der Waals surface area contributed by atoms with Gasteiger partial charge in [0.2, 0.25) is 0 Å². The molecule has 0 N–H and O–H groups in total. The molecule has 3 aromatic heterocycles. The molecule has 0 bridgehead atoms. The predicted molar refractivity (Wildman–Crippen MR) is 176 cm³/mol. The number of hydrogen-bond acceptors (Lipinski definition) is 5. The van der Waals surface area contributed by atoms with Crippen LogP contribution >= 0.6 is 0 Å². The molecule has 6 aromatic carbocycles. The lowest BCUT2D eigenvalue weighted by atomic mass is 10.0. The summed E-state index contributed by atoms with van der Waals surface area (Å²) in [5, 5.41) is 4.30. The molecule has 0 fully saturated rings. The Morgan fingerprint density at radius 3 is 1.23 bits per heavy atom. The number of benzene rings is 6. The normalized spacial score (nSPS) is 11.6. The largest absolute Gasteiger partial charge is 0.456 e. The Morgan fingerprint density at radius 1 is 0.295 bits per heavy atom. The third-order valence-corrected chi connectivity index (χ3v) is 8.16. The van der Waals surface area contributed by atoms with E-state index in [9.17, 15) is 0 Å². The molecule has 3 heterocycles. The minimum absolute atomic E-state index is 0.573. The Bertz CT molecular complexity index is 2360. The highest BCUT2D eigenvalue weighted by molar-refractivity contribution is 6.06. The first kappa shape index (κ1) is 24.5. The fourth-order valence-corrected chi connectivity index (χ4v) is 5.94. The van der Waals surface area contributed by atoms with Crippen molar-refractivity contribution in [2.75, 3.05) is 0 Å². The Balaban J connectivity index is 1.21. The molecular weight excluding hydrogens is 542 g/mol. The van der Waals surface area contributed by atoms with Crippen molar-refractivity contribution in [2.45, 2.75) is 0 Å². The quantitative estimate of drug-likeness (QED) is 0.212. The maximum atomic E-state index is 6.19. The minimum Gasteiger partial charge on any atom is -0.456 e. The van der Waals surface area contributed by atoms with Crippen molar-refractivity contribution in [1.29, 1.82) is 0 Å². The van der Waals surface area contributed by atoms with E-state index in [1.165, 1.54) is 0 Å². The van der Waals surface area contributed by atoms with Gasteiger partial charge in [0.15, 0.2) is 17.5 Å². The van der Waals surface area contributed by atoms with Crippen LogP contribution in [-0.4, -0.2) is 15.0 Å². The molecule has 206 valence electrons. The summed E-state index contributed by atoms with van der Waals surface area (Å²) in [6.45, 7) is 0. The Kier molecular flexibility index (Phi) is 5.43. The van der Waals surface area contributed by atoms with Gasteiger partial charge in [-0.05, 0) is 47.5 Å². The monoisotopic (exact) mass is 565 g/mol. The molecule has 0 atom stereocenters. The van der Waals surface area contributed by atoms with Crippen molar-refractivity contribution in [3.8, 4) is 45.3 Å². The molecule has 0 aliphatic heterocycles. The molecule has 0 amide bonds. The predicted octanol–water partition coefficient (Wildman–Crippen LogP) is 10.3. The van der Waals surface area contributed by atoms with Gasteiger partial charge in [0, 0.05) is 38.2 Å². The van der Waals surface area contributed by atoms with E-state index in [-0.39, 0.29) is 0 Å². The lowest BCUT2D eigenvalue weighted by molar-refractivity contribution is 0.668. The van der Waals surface area contributed by atoms with Gasteiger partial charge in [0.1, 0.15) is 22.3 Å². The van der Waals surface area contributed by atoms with Gasteiger partial charge in [0.05, 0.1) is 0 Å². The summed E-state index contributed by atoms with van der Waals surface area (Å²) in [5.41, 5.74) is 8.21. The first-order valence-corrected chi connectivity index (χ1v) is 14.5. The number of para-hydroxylation sites is 2. The van der Waals surface area contributed by atoms with Crippen molar-refractivity contribution in [2.24, 2.45) is 0 Å². The summed E-state index contributed by atoms with van der Waals surface area (Å²) in [5.74, 6) is 1.74. The van der Waals surface area contributed by atoms with E-state index in [4.69, 9.17) is 23.8 Å². The summed E-state index contributed by atoms with van der Waals surface area (Å²) >= 11 is 0. The molecule has 0 saturated carbocycles. The average molecular weight is 566 g/mol.